The minimum absolute atomic E-state index is 0.108. The molecule has 0 bridgehead atoms. The summed E-state index contributed by atoms with van der Waals surface area (Å²) in [5, 5.41) is 2.50. The van der Waals surface area contributed by atoms with Crippen LogP contribution in [0.4, 0.5) is 17.1 Å². The van der Waals surface area contributed by atoms with E-state index in [1.807, 2.05) is 0 Å². The summed E-state index contributed by atoms with van der Waals surface area (Å²) < 4.78 is 2.41. The number of benzene rings is 7. The molecule has 8 aromatic rings. The fraction of sp³-hybridized carbons (Fsp3) is 0.192. The molecule has 0 aliphatic heterocycles. The van der Waals surface area contributed by atoms with Crippen molar-refractivity contribution in [2.45, 2.75) is 64.7 Å². The van der Waals surface area contributed by atoms with Gasteiger partial charge in [-0.2, -0.15) is 0 Å². The lowest BCUT2D eigenvalue weighted by molar-refractivity contribution is 0.587. The molecule has 2 heteroatoms. The average Bonchev–Trinajstić information content (AvgIpc) is 3.72. The third-order valence-corrected chi connectivity index (χ3v) is 12.4. The SMILES string of the molecule is CC(C)(C)c1c2c(c(N(c3ccccc3)c3ccc4c(c3)c3ccccc3n4-c3ccccc3)c3c1-c1ccccc1C3(C)C)C(C)(C)c1ccccc1-2. The Morgan fingerprint density at radius 1 is 0.481 bits per heavy atom. The Kier molecular flexibility index (Phi) is 6.87. The number of fused-ring (bicyclic) bond motifs is 9. The summed E-state index contributed by atoms with van der Waals surface area (Å²) in [6, 6.07) is 56.2. The predicted molar refractivity (Wildman–Crippen MR) is 229 cm³/mol. The third kappa shape index (κ3) is 4.40. The van der Waals surface area contributed by atoms with Gasteiger partial charge in [-0.15, -0.1) is 0 Å². The minimum atomic E-state index is -0.248. The second kappa shape index (κ2) is 11.3. The highest BCUT2D eigenvalue weighted by molar-refractivity contribution is 6.11. The van der Waals surface area contributed by atoms with E-state index < -0.39 is 0 Å². The van der Waals surface area contributed by atoms with Crippen LogP contribution in [0, 0.1) is 0 Å². The van der Waals surface area contributed by atoms with Gasteiger partial charge in [-0.25, -0.2) is 0 Å². The molecule has 0 amide bonds. The zero-order valence-corrected chi connectivity index (χ0v) is 32.3. The summed E-state index contributed by atoms with van der Waals surface area (Å²) in [6.45, 7) is 17.1. The van der Waals surface area contributed by atoms with Gasteiger partial charge in [-0.1, -0.05) is 152 Å². The smallest absolute Gasteiger partial charge is 0.0556 e. The van der Waals surface area contributed by atoms with Crippen LogP contribution >= 0.6 is 0 Å². The van der Waals surface area contributed by atoms with Gasteiger partial charge in [0, 0.05) is 38.7 Å². The summed E-state index contributed by atoms with van der Waals surface area (Å²) in [6.07, 6.45) is 0. The molecule has 0 unspecified atom stereocenters. The largest absolute Gasteiger partial charge is 0.310 e. The molecule has 0 saturated heterocycles. The number of para-hydroxylation sites is 3. The van der Waals surface area contributed by atoms with E-state index in [4.69, 9.17) is 0 Å². The Morgan fingerprint density at radius 2 is 0.981 bits per heavy atom. The molecule has 0 saturated carbocycles. The van der Waals surface area contributed by atoms with Crippen LogP contribution in [0.5, 0.6) is 0 Å². The summed E-state index contributed by atoms with van der Waals surface area (Å²) in [5.41, 5.74) is 19.3. The molecule has 2 aliphatic rings. The second-order valence-electron chi connectivity index (χ2n) is 17.4. The zero-order chi connectivity index (χ0) is 37.1. The molecule has 1 aromatic heterocycles. The molecule has 10 rings (SSSR count). The maximum atomic E-state index is 2.61. The van der Waals surface area contributed by atoms with Crippen LogP contribution in [-0.2, 0) is 16.2 Å². The van der Waals surface area contributed by atoms with E-state index in [2.05, 4.69) is 210 Å². The van der Waals surface area contributed by atoms with Crippen LogP contribution in [0.1, 0.15) is 76.3 Å². The van der Waals surface area contributed by atoms with Gasteiger partial charge < -0.3 is 9.47 Å². The molecule has 0 N–H and O–H groups in total. The van der Waals surface area contributed by atoms with Crippen molar-refractivity contribution >= 4 is 38.9 Å². The zero-order valence-electron chi connectivity index (χ0n) is 32.3. The van der Waals surface area contributed by atoms with Gasteiger partial charge in [0.05, 0.1) is 16.7 Å². The minimum Gasteiger partial charge on any atom is -0.310 e. The Labute approximate surface area is 319 Å². The summed E-state index contributed by atoms with van der Waals surface area (Å²) in [5.74, 6) is 0. The van der Waals surface area contributed by atoms with Crippen molar-refractivity contribution in [2.24, 2.45) is 0 Å². The van der Waals surface area contributed by atoms with Gasteiger partial charge in [-0.05, 0) is 104 Å². The Morgan fingerprint density at radius 3 is 1.57 bits per heavy atom. The summed E-state index contributed by atoms with van der Waals surface area (Å²) in [4.78, 5) is 2.61. The van der Waals surface area contributed by atoms with Gasteiger partial charge in [-0.3, -0.25) is 0 Å². The number of aromatic nitrogens is 1. The van der Waals surface area contributed by atoms with E-state index in [0.29, 0.717) is 0 Å². The Hall–Kier alpha value is -5.86. The number of nitrogens with zero attached hydrogens (tertiary/aromatic N) is 2. The monoisotopic (exact) mass is 698 g/mol. The van der Waals surface area contributed by atoms with Crippen LogP contribution in [0.25, 0.3) is 49.7 Å². The Balaban J connectivity index is 1.38. The van der Waals surface area contributed by atoms with Crippen LogP contribution in [0.15, 0.2) is 152 Å². The first-order chi connectivity index (χ1) is 26.0. The van der Waals surface area contributed by atoms with Gasteiger partial charge >= 0.3 is 0 Å². The molecule has 0 fully saturated rings. The summed E-state index contributed by atoms with van der Waals surface area (Å²) >= 11 is 0. The maximum Gasteiger partial charge on any atom is 0.0556 e. The number of anilines is 3. The highest BCUT2D eigenvalue weighted by Gasteiger charge is 2.50. The van der Waals surface area contributed by atoms with Crippen molar-refractivity contribution in [1.29, 1.82) is 0 Å². The van der Waals surface area contributed by atoms with Crippen molar-refractivity contribution in [1.82, 2.24) is 4.57 Å². The molecule has 0 radical (unpaired) electrons. The van der Waals surface area contributed by atoms with E-state index in [9.17, 15) is 0 Å². The lowest BCUT2D eigenvalue weighted by Gasteiger charge is -2.39. The van der Waals surface area contributed by atoms with Crippen LogP contribution in [0.3, 0.4) is 0 Å². The fourth-order valence-corrected chi connectivity index (χ4v) is 10.2. The van der Waals surface area contributed by atoms with Gasteiger partial charge in [0.25, 0.3) is 0 Å². The first-order valence-corrected chi connectivity index (χ1v) is 19.4. The molecule has 0 atom stereocenters. The molecule has 264 valence electrons. The number of hydrogen-bond donors (Lipinski definition) is 0. The van der Waals surface area contributed by atoms with Crippen molar-refractivity contribution in [3.8, 4) is 27.9 Å². The number of rotatable bonds is 4. The lowest BCUT2D eigenvalue weighted by atomic mass is 9.71. The molecule has 7 aromatic carbocycles. The fourth-order valence-electron chi connectivity index (χ4n) is 10.2. The topological polar surface area (TPSA) is 8.17 Å². The van der Waals surface area contributed by atoms with Crippen molar-refractivity contribution in [3.05, 3.63) is 179 Å². The highest BCUT2D eigenvalue weighted by Crippen LogP contribution is 2.65. The van der Waals surface area contributed by atoms with Crippen molar-refractivity contribution < 1.29 is 0 Å². The molecule has 2 aliphatic carbocycles. The predicted octanol–water partition coefficient (Wildman–Crippen LogP) is 14.2. The molecule has 54 heavy (non-hydrogen) atoms. The molecule has 1 heterocycles. The molecular weight excluding hydrogens is 653 g/mol. The van der Waals surface area contributed by atoms with E-state index in [1.54, 1.807) is 0 Å². The second-order valence-corrected chi connectivity index (χ2v) is 17.4. The van der Waals surface area contributed by atoms with Crippen LogP contribution in [-0.4, -0.2) is 4.57 Å². The lowest BCUT2D eigenvalue weighted by Crippen LogP contribution is -2.27. The van der Waals surface area contributed by atoms with E-state index in [-0.39, 0.29) is 16.2 Å². The average molecular weight is 699 g/mol. The number of hydrogen-bond acceptors (Lipinski definition) is 1. The van der Waals surface area contributed by atoms with Gasteiger partial charge in [0.15, 0.2) is 0 Å². The molecule has 0 spiro atoms. The highest BCUT2D eigenvalue weighted by atomic mass is 15.2. The van der Waals surface area contributed by atoms with E-state index in [0.717, 1.165) is 11.4 Å². The van der Waals surface area contributed by atoms with Gasteiger partial charge in [0.1, 0.15) is 0 Å². The van der Waals surface area contributed by atoms with Crippen LogP contribution in [0.2, 0.25) is 0 Å². The van der Waals surface area contributed by atoms with Gasteiger partial charge in [0.2, 0.25) is 0 Å². The molecule has 2 nitrogen and oxygen atoms in total. The van der Waals surface area contributed by atoms with Crippen molar-refractivity contribution in [3.63, 3.8) is 0 Å². The van der Waals surface area contributed by atoms with E-state index in [1.165, 1.54) is 83.3 Å². The standard InChI is InChI=1S/C52H46N2/c1-50(2,3)46-44-37-25-14-17-27-40(37)51(4,5)47(44)49(48-45(46)38-26-15-18-28-41(38)52(48,6)7)53(33-20-10-8-11-21-33)35-30-31-43-39(32-35)36-24-16-19-29-42(36)54(43)34-22-12-9-13-23-34/h8-32H,1-7H3. The third-order valence-electron chi connectivity index (χ3n) is 12.4. The summed E-state index contributed by atoms with van der Waals surface area (Å²) in [7, 11) is 0. The Bertz CT molecular complexity index is 2710. The quantitative estimate of drug-likeness (QED) is 0.178. The van der Waals surface area contributed by atoms with Crippen molar-refractivity contribution in [2.75, 3.05) is 4.90 Å². The first kappa shape index (κ1) is 32.8. The van der Waals surface area contributed by atoms with Crippen LogP contribution < -0.4 is 4.90 Å². The molecular formula is C52H46N2. The first-order valence-electron chi connectivity index (χ1n) is 19.4. The normalized spacial score (nSPS) is 14.9. The maximum absolute atomic E-state index is 2.61. The van der Waals surface area contributed by atoms with E-state index >= 15 is 0 Å².